The molecule has 0 saturated carbocycles. The molecule has 2 N–H and O–H groups in total. The van der Waals surface area contributed by atoms with Crippen LogP contribution in [0.1, 0.15) is 18.5 Å². The van der Waals surface area contributed by atoms with Gasteiger partial charge in [0, 0.05) is 16.8 Å². The van der Waals surface area contributed by atoms with Crippen molar-refractivity contribution in [3.63, 3.8) is 0 Å². The Morgan fingerprint density at radius 3 is 2.38 bits per heavy atom. The van der Waals surface area contributed by atoms with Gasteiger partial charge in [0.15, 0.2) is 0 Å². The lowest BCUT2D eigenvalue weighted by Gasteiger charge is -2.17. The minimum atomic E-state index is -3.28. The summed E-state index contributed by atoms with van der Waals surface area (Å²) in [5, 5.41) is 4.00. The third-order valence-electron chi connectivity index (χ3n) is 2.92. The van der Waals surface area contributed by atoms with E-state index in [1.54, 1.807) is 18.2 Å². The predicted molar refractivity (Wildman–Crippen MR) is 88.4 cm³/mol. The highest BCUT2D eigenvalue weighted by atomic mass is 35.5. The molecule has 2 aromatic carbocycles. The maximum Gasteiger partial charge on any atom is 0.229 e. The summed E-state index contributed by atoms with van der Waals surface area (Å²) < 4.78 is 25.0. The van der Waals surface area contributed by atoms with Gasteiger partial charge in [0.1, 0.15) is 0 Å². The fourth-order valence-electron chi connectivity index (χ4n) is 2.04. The SMILES string of the molecule is CC(Nc1cccc(NS(C)(=O)=O)c1)c1ccccc1Cl. The van der Waals surface area contributed by atoms with Crippen LogP contribution in [0.4, 0.5) is 11.4 Å². The highest BCUT2D eigenvalue weighted by molar-refractivity contribution is 7.92. The van der Waals surface area contributed by atoms with E-state index >= 15 is 0 Å². The lowest BCUT2D eigenvalue weighted by atomic mass is 10.1. The van der Waals surface area contributed by atoms with E-state index in [0.29, 0.717) is 10.7 Å². The molecule has 1 atom stereocenters. The highest BCUT2D eigenvalue weighted by Gasteiger charge is 2.09. The van der Waals surface area contributed by atoms with Crippen molar-refractivity contribution in [1.29, 1.82) is 0 Å². The van der Waals surface area contributed by atoms with E-state index in [-0.39, 0.29) is 6.04 Å². The molecule has 0 amide bonds. The fraction of sp³-hybridized carbons (Fsp3) is 0.200. The quantitative estimate of drug-likeness (QED) is 0.877. The molecule has 0 bridgehead atoms. The second kappa shape index (κ2) is 6.37. The van der Waals surface area contributed by atoms with Crippen molar-refractivity contribution in [1.82, 2.24) is 0 Å². The Kier molecular flexibility index (Phi) is 4.75. The van der Waals surface area contributed by atoms with Crippen LogP contribution >= 0.6 is 11.6 Å². The van der Waals surface area contributed by atoms with Crippen molar-refractivity contribution in [2.75, 3.05) is 16.3 Å². The van der Waals surface area contributed by atoms with Gasteiger partial charge in [0.25, 0.3) is 0 Å². The Morgan fingerprint density at radius 1 is 1.05 bits per heavy atom. The summed E-state index contributed by atoms with van der Waals surface area (Å²) in [5.41, 5.74) is 2.32. The van der Waals surface area contributed by atoms with Gasteiger partial charge in [0.05, 0.1) is 11.9 Å². The maximum absolute atomic E-state index is 11.3. The van der Waals surface area contributed by atoms with Crippen LogP contribution in [0.25, 0.3) is 0 Å². The number of sulfonamides is 1. The van der Waals surface area contributed by atoms with E-state index in [0.717, 1.165) is 17.5 Å². The second-order valence-corrected chi connectivity index (χ2v) is 7.00. The zero-order valence-corrected chi connectivity index (χ0v) is 13.4. The molecular formula is C15H17ClN2O2S. The van der Waals surface area contributed by atoms with Crippen molar-refractivity contribution < 1.29 is 8.42 Å². The molecule has 112 valence electrons. The summed E-state index contributed by atoms with van der Waals surface area (Å²) >= 11 is 6.17. The largest absolute Gasteiger partial charge is 0.378 e. The van der Waals surface area contributed by atoms with Gasteiger partial charge in [-0.05, 0) is 36.8 Å². The van der Waals surface area contributed by atoms with Gasteiger partial charge in [-0.15, -0.1) is 0 Å². The Bertz CT molecular complexity index is 732. The van der Waals surface area contributed by atoms with Crippen molar-refractivity contribution in [2.45, 2.75) is 13.0 Å². The maximum atomic E-state index is 11.3. The normalized spacial score (nSPS) is 12.7. The number of hydrogen-bond acceptors (Lipinski definition) is 3. The minimum Gasteiger partial charge on any atom is -0.378 e. The fourth-order valence-corrected chi connectivity index (χ4v) is 2.90. The highest BCUT2D eigenvalue weighted by Crippen LogP contribution is 2.26. The summed E-state index contributed by atoms with van der Waals surface area (Å²) in [4.78, 5) is 0. The van der Waals surface area contributed by atoms with E-state index in [2.05, 4.69) is 10.0 Å². The lowest BCUT2D eigenvalue weighted by Crippen LogP contribution is -2.10. The summed E-state index contributed by atoms with van der Waals surface area (Å²) in [7, 11) is -3.28. The monoisotopic (exact) mass is 324 g/mol. The molecule has 0 radical (unpaired) electrons. The van der Waals surface area contributed by atoms with E-state index in [1.165, 1.54) is 0 Å². The molecule has 0 saturated heterocycles. The van der Waals surface area contributed by atoms with Crippen LogP contribution in [-0.4, -0.2) is 14.7 Å². The molecule has 0 aliphatic rings. The number of anilines is 2. The van der Waals surface area contributed by atoms with Crippen molar-refractivity contribution >= 4 is 33.0 Å². The van der Waals surface area contributed by atoms with Crippen LogP contribution in [0.2, 0.25) is 5.02 Å². The molecule has 0 aliphatic heterocycles. The molecule has 2 aromatic rings. The zero-order valence-electron chi connectivity index (χ0n) is 11.8. The zero-order chi connectivity index (χ0) is 15.5. The summed E-state index contributed by atoms with van der Waals surface area (Å²) in [6.07, 6.45) is 1.12. The molecule has 2 rings (SSSR count). The van der Waals surface area contributed by atoms with Crippen LogP contribution in [-0.2, 0) is 10.0 Å². The van der Waals surface area contributed by atoms with E-state index in [9.17, 15) is 8.42 Å². The standard InChI is InChI=1S/C15H17ClN2O2S/c1-11(14-8-3-4-9-15(14)16)17-12-6-5-7-13(10-12)18-21(2,19)20/h3-11,17-18H,1-2H3. The average molecular weight is 325 g/mol. The van der Waals surface area contributed by atoms with Gasteiger partial charge in [-0.25, -0.2) is 8.42 Å². The van der Waals surface area contributed by atoms with Crippen molar-refractivity contribution in [3.8, 4) is 0 Å². The molecule has 0 aliphatic carbocycles. The number of benzene rings is 2. The van der Waals surface area contributed by atoms with Gasteiger partial charge >= 0.3 is 0 Å². The molecule has 0 aromatic heterocycles. The van der Waals surface area contributed by atoms with Crippen LogP contribution in [0.3, 0.4) is 0 Å². The van der Waals surface area contributed by atoms with Crippen LogP contribution in [0.15, 0.2) is 48.5 Å². The molecule has 4 nitrogen and oxygen atoms in total. The molecular weight excluding hydrogens is 308 g/mol. The first-order valence-electron chi connectivity index (χ1n) is 6.44. The van der Waals surface area contributed by atoms with Crippen LogP contribution in [0, 0.1) is 0 Å². The summed E-state index contributed by atoms with van der Waals surface area (Å²) in [6.45, 7) is 2.00. The Labute approximate surface area is 130 Å². The number of nitrogens with one attached hydrogen (secondary N) is 2. The topological polar surface area (TPSA) is 58.2 Å². The van der Waals surface area contributed by atoms with Crippen LogP contribution in [0.5, 0.6) is 0 Å². The van der Waals surface area contributed by atoms with Crippen molar-refractivity contribution in [2.24, 2.45) is 0 Å². The Balaban J connectivity index is 2.16. The third-order valence-corrected chi connectivity index (χ3v) is 3.87. The first-order valence-corrected chi connectivity index (χ1v) is 8.71. The van der Waals surface area contributed by atoms with Gasteiger partial charge in [0.2, 0.25) is 10.0 Å². The van der Waals surface area contributed by atoms with E-state index < -0.39 is 10.0 Å². The first-order chi connectivity index (χ1) is 9.85. The van der Waals surface area contributed by atoms with Crippen LogP contribution < -0.4 is 10.0 Å². The smallest absolute Gasteiger partial charge is 0.229 e. The summed E-state index contributed by atoms with van der Waals surface area (Å²) in [6, 6.07) is 14.7. The Morgan fingerprint density at radius 2 is 1.71 bits per heavy atom. The molecule has 21 heavy (non-hydrogen) atoms. The number of halogens is 1. The first kappa shape index (κ1) is 15.7. The molecule has 0 heterocycles. The molecule has 6 heteroatoms. The van der Waals surface area contributed by atoms with E-state index in [1.807, 2.05) is 37.3 Å². The van der Waals surface area contributed by atoms with Gasteiger partial charge in [-0.2, -0.15) is 0 Å². The molecule has 1 unspecified atom stereocenters. The van der Waals surface area contributed by atoms with Crippen molar-refractivity contribution in [3.05, 3.63) is 59.1 Å². The third kappa shape index (κ3) is 4.65. The Hall–Kier alpha value is -1.72. The average Bonchev–Trinajstić information content (AvgIpc) is 2.37. The minimum absolute atomic E-state index is 0.00665. The van der Waals surface area contributed by atoms with E-state index in [4.69, 9.17) is 11.6 Å². The number of rotatable bonds is 5. The number of hydrogen-bond donors (Lipinski definition) is 2. The summed E-state index contributed by atoms with van der Waals surface area (Å²) in [5.74, 6) is 0. The second-order valence-electron chi connectivity index (χ2n) is 4.84. The van der Waals surface area contributed by atoms with Gasteiger partial charge < -0.3 is 5.32 Å². The molecule has 0 fully saturated rings. The predicted octanol–water partition coefficient (Wildman–Crippen LogP) is 3.88. The van der Waals surface area contributed by atoms with Gasteiger partial charge in [-0.1, -0.05) is 35.9 Å². The molecule has 0 spiro atoms. The van der Waals surface area contributed by atoms with Gasteiger partial charge in [-0.3, -0.25) is 4.72 Å². The lowest BCUT2D eigenvalue weighted by molar-refractivity contribution is 0.607.